The zero-order valence-corrected chi connectivity index (χ0v) is 18.3. The predicted octanol–water partition coefficient (Wildman–Crippen LogP) is 3.99. The zero-order chi connectivity index (χ0) is 21.6. The molecule has 0 bridgehead atoms. The van der Waals surface area contributed by atoms with Gasteiger partial charge in [-0.2, -0.15) is 0 Å². The third-order valence-corrected chi connectivity index (χ3v) is 5.77. The van der Waals surface area contributed by atoms with Crippen LogP contribution in [0.3, 0.4) is 0 Å². The van der Waals surface area contributed by atoms with E-state index in [1.807, 2.05) is 0 Å². The summed E-state index contributed by atoms with van der Waals surface area (Å²) < 4.78 is 23.0. The van der Waals surface area contributed by atoms with E-state index in [1.165, 1.54) is 19.0 Å². The van der Waals surface area contributed by atoms with Crippen molar-refractivity contribution in [1.29, 1.82) is 0 Å². The molecule has 0 N–H and O–H groups in total. The van der Waals surface area contributed by atoms with E-state index >= 15 is 0 Å². The van der Waals surface area contributed by atoms with E-state index in [-0.39, 0.29) is 18.1 Å². The molecule has 1 amide bonds. The van der Waals surface area contributed by atoms with Crippen LogP contribution in [0.15, 0.2) is 36.5 Å². The van der Waals surface area contributed by atoms with E-state index in [4.69, 9.17) is 30.5 Å². The van der Waals surface area contributed by atoms with Gasteiger partial charge in [0, 0.05) is 24.4 Å². The van der Waals surface area contributed by atoms with Crippen molar-refractivity contribution in [3.63, 3.8) is 0 Å². The van der Waals surface area contributed by atoms with E-state index in [2.05, 4.69) is 4.98 Å². The topological polar surface area (TPSA) is 70.1 Å². The Morgan fingerprint density at radius 2 is 2.06 bits per heavy atom. The Kier molecular flexibility index (Phi) is 7.14. The normalized spacial score (nSPS) is 19.3. The molecule has 1 atom stereocenters. The summed E-state index contributed by atoms with van der Waals surface area (Å²) in [5.41, 5.74) is 0.578. The molecule has 1 aliphatic carbocycles. The number of aromatic nitrogens is 1. The molecule has 8 heteroatoms. The van der Waals surface area contributed by atoms with Crippen LogP contribution in [0.2, 0.25) is 5.02 Å². The number of pyridine rings is 1. The maximum absolute atomic E-state index is 13.2. The van der Waals surface area contributed by atoms with Gasteiger partial charge in [-0.1, -0.05) is 11.6 Å². The summed E-state index contributed by atoms with van der Waals surface area (Å²) in [5, 5.41) is 0.550. The Morgan fingerprint density at radius 3 is 2.81 bits per heavy atom. The predicted molar refractivity (Wildman–Crippen MR) is 116 cm³/mol. The molecule has 2 aromatic rings. The minimum atomic E-state index is -0.234. The average molecular weight is 447 g/mol. The van der Waals surface area contributed by atoms with Crippen LogP contribution in [0, 0.1) is 0 Å². The standard InChI is InChI=1S/C23H27ClN2O5/c1-28-20-8-6-16(12-21(20)31-18-4-2-3-5-18)23(27)26-10-11-29-19(14-26)15-30-22-9-7-17(24)13-25-22/h6-9,12-13,18-19H,2-5,10-11,14-15H2,1H3. The number of ether oxygens (including phenoxy) is 4. The Balaban J connectivity index is 1.39. The third kappa shape index (κ3) is 5.60. The maximum atomic E-state index is 13.2. The number of carbonyl (C=O) groups excluding carboxylic acids is 1. The van der Waals surface area contributed by atoms with Crippen LogP contribution < -0.4 is 14.2 Å². The molecule has 1 aliphatic heterocycles. The lowest BCUT2D eigenvalue weighted by Gasteiger charge is -2.33. The highest BCUT2D eigenvalue weighted by atomic mass is 35.5. The van der Waals surface area contributed by atoms with Crippen molar-refractivity contribution in [3.8, 4) is 17.4 Å². The van der Waals surface area contributed by atoms with E-state index in [0.29, 0.717) is 54.3 Å². The fraction of sp³-hybridized carbons (Fsp3) is 0.478. The van der Waals surface area contributed by atoms with Crippen molar-refractivity contribution < 1.29 is 23.7 Å². The highest BCUT2D eigenvalue weighted by Gasteiger charge is 2.27. The number of amides is 1. The molecule has 0 radical (unpaired) electrons. The van der Waals surface area contributed by atoms with Crippen LogP contribution in [0.4, 0.5) is 0 Å². The summed E-state index contributed by atoms with van der Waals surface area (Å²) in [7, 11) is 1.61. The first-order chi connectivity index (χ1) is 15.1. The highest BCUT2D eigenvalue weighted by Crippen LogP contribution is 2.33. The summed E-state index contributed by atoms with van der Waals surface area (Å²) in [6.45, 7) is 1.73. The van der Waals surface area contributed by atoms with Crippen molar-refractivity contribution in [3.05, 3.63) is 47.1 Å². The van der Waals surface area contributed by atoms with Crippen LogP contribution in [-0.2, 0) is 4.74 Å². The van der Waals surface area contributed by atoms with Gasteiger partial charge in [-0.15, -0.1) is 0 Å². The van der Waals surface area contributed by atoms with Gasteiger partial charge >= 0.3 is 0 Å². The molecule has 1 unspecified atom stereocenters. The van der Waals surface area contributed by atoms with Crippen molar-refractivity contribution in [1.82, 2.24) is 9.88 Å². The first kappa shape index (κ1) is 21.7. The Morgan fingerprint density at radius 1 is 1.23 bits per heavy atom. The van der Waals surface area contributed by atoms with Crippen molar-refractivity contribution in [2.75, 3.05) is 33.4 Å². The van der Waals surface area contributed by atoms with Crippen LogP contribution in [-0.4, -0.2) is 61.4 Å². The molecule has 2 heterocycles. The number of carbonyl (C=O) groups is 1. The molecule has 1 saturated carbocycles. The summed E-state index contributed by atoms with van der Waals surface area (Å²) in [4.78, 5) is 19.1. The number of hydrogen-bond donors (Lipinski definition) is 0. The molecule has 7 nitrogen and oxygen atoms in total. The second-order valence-electron chi connectivity index (χ2n) is 7.76. The molecule has 2 fully saturated rings. The molecule has 1 saturated heterocycles. The van der Waals surface area contributed by atoms with Crippen molar-refractivity contribution in [2.24, 2.45) is 0 Å². The second-order valence-corrected chi connectivity index (χ2v) is 8.20. The molecule has 31 heavy (non-hydrogen) atoms. The number of rotatable bonds is 7. The van der Waals surface area contributed by atoms with Crippen molar-refractivity contribution in [2.45, 2.75) is 37.9 Å². The molecule has 1 aromatic heterocycles. The fourth-order valence-corrected chi connectivity index (χ4v) is 4.01. The number of halogens is 1. The van der Waals surface area contributed by atoms with Gasteiger partial charge in [0.1, 0.15) is 12.7 Å². The second kappa shape index (κ2) is 10.2. The minimum absolute atomic E-state index is 0.0585. The smallest absolute Gasteiger partial charge is 0.254 e. The van der Waals surface area contributed by atoms with E-state index < -0.39 is 0 Å². The molecule has 0 spiro atoms. The Bertz CT molecular complexity index is 886. The lowest BCUT2D eigenvalue weighted by atomic mass is 10.1. The number of hydrogen-bond acceptors (Lipinski definition) is 6. The van der Waals surface area contributed by atoms with Gasteiger partial charge in [0.25, 0.3) is 5.91 Å². The van der Waals surface area contributed by atoms with Gasteiger partial charge in [0.15, 0.2) is 11.5 Å². The first-order valence-corrected chi connectivity index (χ1v) is 11.0. The molecular formula is C23H27ClN2O5. The van der Waals surface area contributed by atoms with E-state index in [0.717, 1.165) is 12.8 Å². The highest BCUT2D eigenvalue weighted by molar-refractivity contribution is 6.30. The third-order valence-electron chi connectivity index (χ3n) is 5.55. The van der Waals surface area contributed by atoms with Gasteiger partial charge in [-0.25, -0.2) is 4.98 Å². The SMILES string of the molecule is COc1ccc(C(=O)N2CCOC(COc3ccc(Cl)cn3)C2)cc1OC1CCCC1. The maximum Gasteiger partial charge on any atom is 0.254 e. The van der Waals surface area contributed by atoms with Crippen LogP contribution >= 0.6 is 11.6 Å². The number of benzene rings is 1. The van der Waals surface area contributed by atoms with Gasteiger partial charge in [0.05, 0.1) is 31.4 Å². The Labute approximate surface area is 187 Å². The molecular weight excluding hydrogens is 420 g/mol. The van der Waals surface area contributed by atoms with E-state index in [1.54, 1.807) is 42.3 Å². The zero-order valence-electron chi connectivity index (χ0n) is 17.6. The Hall–Kier alpha value is -2.51. The van der Waals surface area contributed by atoms with Gasteiger partial charge in [-0.05, 0) is 49.9 Å². The quantitative estimate of drug-likeness (QED) is 0.640. The lowest BCUT2D eigenvalue weighted by molar-refractivity contribution is -0.0407. The van der Waals surface area contributed by atoms with Crippen LogP contribution in [0.25, 0.3) is 0 Å². The number of morpholine rings is 1. The van der Waals surface area contributed by atoms with Gasteiger partial charge in [0.2, 0.25) is 5.88 Å². The summed E-state index contributed by atoms with van der Waals surface area (Å²) in [6, 6.07) is 8.79. The number of nitrogens with zero attached hydrogens (tertiary/aromatic N) is 2. The molecule has 1 aromatic carbocycles. The van der Waals surface area contributed by atoms with Crippen LogP contribution in [0.1, 0.15) is 36.0 Å². The monoisotopic (exact) mass is 446 g/mol. The van der Waals surface area contributed by atoms with Crippen LogP contribution in [0.5, 0.6) is 17.4 Å². The molecule has 166 valence electrons. The summed E-state index contributed by atoms with van der Waals surface area (Å²) >= 11 is 5.85. The van der Waals surface area contributed by atoms with Crippen molar-refractivity contribution >= 4 is 17.5 Å². The largest absolute Gasteiger partial charge is 0.493 e. The summed E-state index contributed by atoms with van der Waals surface area (Å²) in [5.74, 6) is 1.69. The fourth-order valence-electron chi connectivity index (χ4n) is 3.90. The van der Waals surface area contributed by atoms with Gasteiger partial charge < -0.3 is 23.8 Å². The molecule has 4 rings (SSSR count). The minimum Gasteiger partial charge on any atom is -0.493 e. The summed E-state index contributed by atoms with van der Waals surface area (Å²) in [6.07, 6.45) is 5.91. The number of methoxy groups -OCH3 is 1. The lowest BCUT2D eigenvalue weighted by Crippen LogP contribution is -2.47. The van der Waals surface area contributed by atoms with E-state index in [9.17, 15) is 4.79 Å². The van der Waals surface area contributed by atoms with Gasteiger partial charge in [-0.3, -0.25) is 4.79 Å². The first-order valence-electron chi connectivity index (χ1n) is 10.6. The average Bonchev–Trinajstić information content (AvgIpc) is 3.31. The molecule has 2 aliphatic rings.